The molecule has 1 aromatic carbocycles. The smallest absolute Gasteiger partial charge is 0.119 e. The van der Waals surface area contributed by atoms with Crippen LogP contribution in [0.1, 0.15) is 26.3 Å². The second kappa shape index (κ2) is 7.30. The summed E-state index contributed by atoms with van der Waals surface area (Å²) < 4.78 is 5.71. The molecule has 0 aliphatic rings. The lowest BCUT2D eigenvalue weighted by molar-refractivity contribution is 0.183. The van der Waals surface area contributed by atoms with Crippen molar-refractivity contribution in [2.45, 2.75) is 33.4 Å². The molecule has 0 amide bonds. The van der Waals surface area contributed by atoms with E-state index in [1.54, 1.807) is 0 Å². The molecule has 1 rings (SSSR count). The summed E-state index contributed by atoms with van der Waals surface area (Å²) in [7, 11) is 0. The van der Waals surface area contributed by atoms with Gasteiger partial charge in [-0.1, -0.05) is 19.1 Å². The summed E-state index contributed by atoms with van der Waals surface area (Å²) in [6.45, 7) is 9.93. The van der Waals surface area contributed by atoms with Crippen molar-refractivity contribution in [1.82, 2.24) is 4.90 Å². The lowest BCUT2D eigenvalue weighted by Crippen LogP contribution is -2.34. The van der Waals surface area contributed by atoms with E-state index in [1.807, 2.05) is 24.3 Å². The third-order valence-corrected chi connectivity index (χ3v) is 2.94. The van der Waals surface area contributed by atoms with Crippen LogP contribution in [0.15, 0.2) is 24.3 Å². The van der Waals surface area contributed by atoms with Gasteiger partial charge in [0.25, 0.3) is 0 Å². The summed E-state index contributed by atoms with van der Waals surface area (Å²) in [5.74, 6) is 0.919. The first kappa shape index (κ1) is 14.0. The van der Waals surface area contributed by atoms with E-state index in [4.69, 9.17) is 10.5 Å². The minimum atomic E-state index is 0.572. The molecule has 17 heavy (non-hydrogen) atoms. The number of hydrogen-bond acceptors (Lipinski definition) is 3. The lowest BCUT2D eigenvalue weighted by atomic mass is 10.2. The molecule has 1 aromatic rings. The molecule has 0 unspecified atom stereocenters. The minimum Gasteiger partial charge on any atom is -0.492 e. The fourth-order valence-electron chi connectivity index (χ4n) is 1.78. The summed E-state index contributed by atoms with van der Waals surface area (Å²) in [4.78, 5) is 2.38. The van der Waals surface area contributed by atoms with E-state index in [0.29, 0.717) is 12.6 Å². The van der Waals surface area contributed by atoms with E-state index in [-0.39, 0.29) is 0 Å². The second-order valence-electron chi connectivity index (χ2n) is 4.42. The molecular weight excluding hydrogens is 212 g/mol. The summed E-state index contributed by atoms with van der Waals surface area (Å²) in [5.41, 5.74) is 6.68. The van der Waals surface area contributed by atoms with Gasteiger partial charge in [0, 0.05) is 19.1 Å². The Morgan fingerprint density at radius 1 is 1.24 bits per heavy atom. The molecule has 0 aliphatic heterocycles. The van der Waals surface area contributed by atoms with Crippen LogP contribution in [0.5, 0.6) is 5.75 Å². The SMILES string of the molecule is CCN(CCOc1ccc(CN)cc1)C(C)C. The Morgan fingerprint density at radius 3 is 2.35 bits per heavy atom. The van der Waals surface area contributed by atoms with Crippen LogP contribution < -0.4 is 10.5 Å². The number of likely N-dealkylation sites (N-methyl/N-ethyl adjacent to an activating group) is 1. The van der Waals surface area contributed by atoms with Gasteiger partial charge in [-0.2, -0.15) is 0 Å². The van der Waals surface area contributed by atoms with Crippen LogP contribution in [0.25, 0.3) is 0 Å². The van der Waals surface area contributed by atoms with Crippen molar-refractivity contribution in [2.24, 2.45) is 5.73 Å². The average Bonchev–Trinajstić information content (AvgIpc) is 2.35. The summed E-state index contributed by atoms with van der Waals surface area (Å²) in [5, 5.41) is 0. The molecule has 0 fully saturated rings. The molecule has 0 heterocycles. The van der Waals surface area contributed by atoms with Gasteiger partial charge in [-0.05, 0) is 38.1 Å². The molecule has 0 radical (unpaired) electrons. The van der Waals surface area contributed by atoms with E-state index in [9.17, 15) is 0 Å². The van der Waals surface area contributed by atoms with Gasteiger partial charge in [-0.15, -0.1) is 0 Å². The van der Waals surface area contributed by atoms with Crippen molar-refractivity contribution in [2.75, 3.05) is 19.7 Å². The number of nitrogens with zero attached hydrogens (tertiary/aromatic N) is 1. The Hall–Kier alpha value is -1.06. The van der Waals surface area contributed by atoms with E-state index < -0.39 is 0 Å². The van der Waals surface area contributed by atoms with Gasteiger partial charge in [-0.3, -0.25) is 4.90 Å². The van der Waals surface area contributed by atoms with Gasteiger partial charge in [0.1, 0.15) is 12.4 Å². The Balaban J connectivity index is 2.34. The van der Waals surface area contributed by atoms with Crippen LogP contribution in [0.3, 0.4) is 0 Å². The van der Waals surface area contributed by atoms with Crippen LogP contribution in [0.2, 0.25) is 0 Å². The first-order valence-electron chi connectivity index (χ1n) is 6.33. The summed E-state index contributed by atoms with van der Waals surface area (Å²) in [6, 6.07) is 8.55. The predicted molar refractivity (Wildman–Crippen MR) is 72.2 cm³/mol. The molecule has 3 heteroatoms. The average molecular weight is 236 g/mol. The van der Waals surface area contributed by atoms with Crippen molar-refractivity contribution in [3.8, 4) is 5.75 Å². The number of ether oxygens (including phenoxy) is 1. The zero-order valence-corrected chi connectivity index (χ0v) is 11.1. The van der Waals surface area contributed by atoms with Gasteiger partial charge in [0.15, 0.2) is 0 Å². The predicted octanol–water partition coefficient (Wildman–Crippen LogP) is 2.25. The maximum atomic E-state index is 5.71. The van der Waals surface area contributed by atoms with Crippen molar-refractivity contribution < 1.29 is 4.74 Å². The topological polar surface area (TPSA) is 38.5 Å². The van der Waals surface area contributed by atoms with Crippen LogP contribution in [0, 0.1) is 0 Å². The standard InChI is InChI=1S/C14H24N2O/c1-4-16(12(2)3)9-10-17-14-7-5-13(11-15)6-8-14/h5-8,12H,4,9-11,15H2,1-3H3. The first-order valence-corrected chi connectivity index (χ1v) is 6.33. The highest BCUT2D eigenvalue weighted by Gasteiger charge is 2.06. The van der Waals surface area contributed by atoms with E-state index in [1.165, 1.54) is 0 Å². The Bertz CT molecular complexity index is 309. The maximum Gasteiger partial charge on any atom is 0.119 e. The molecule has 3 nitrogen and oxygen atoms in total. The summed E-state index contributed by atoms with van der Waals surface area (Å²) >= 11 is 0. The zero-order chi connectivity index (χ0) is 12.7. The molecule has 0 aliphatic carbocycles. The van der Waals surface area contributed by atoms with Crippen LogP contribution in [-0.2, 0) is 6.54 Å². The largest absolute Gasteiger partial charge is 0.492 e. The first-order chi connectivity index (χ1) is 8.17. The zero-order valence-electron chi connectivity index (χ0n) is 11.1. The van der Waals surface area contributed by atoms with Gasteiger partial charge in [0.2, 0.25) is 0 Å². The molecule has 0 spiro atoms. The highest BCUT2D eigenvalue weighted by molar-refractivity contribution is 5.27. The molecule has 0 atom stereocenters. The fraction of sp³-hybridized carbons (Fsp3) is 0.571. The number of benzene rings is 1. The van der Waals surface area contributed by atoms with Gasteiger partial charge in [0.05, 0.1) is 0 Å². The summed E-state index contributed by atoms with van der Waals surface area (Å²) in [6.07, 6.45) is 0. The normalized spacial score (nSPS) is 11.2. The van der Waals surface area contributed by atoms with E-state index >= 15 is 0 Å². The van der Waals surface area contributed by atoms with Crippen LogP contribution in [0.4, 0.5) is 0 Å². The Labute approximate surface area is 105 Å². The van der Waals surface area contributed by atoms with Crippen LogP contribution >= 0.6 is 0 Å². The highest BCUT2D eigenvalue weighted by atomic mass is 16.5. The Morgan fingerprint density at radius 2 is 1.88 bits per heavy atom. The minimum absolute atomic E-state index is 0.572. The fourth-order valence-corrected chi connectivity index (χ4v) is 1.78. The van der Waals surface area contributed by atoms with Crippen molar-refractivity contribution >= 4 is 0 Å². The molecule has 0 saturated carbocycles. The number of nitrogens with two attached hydrogens (primary N) is 1. The van der Waals surface area contributed by atoms with Gasteiger partial charge >= 0.3 is 0 Å². The third-order valence-electron chi connectivity index (χ3n) is 2.94. The van der Waals surface area contributed by atoms with Crippen molar-refractivity contribution in [3.63, 3.8) is 0 Å². The van der Waals surface area contributed by atoms with Crippen molar-refractivity contribution in [1.29, 1.82) is 0 Å². The van der Waals surface area contributed by atoms with Crippen molar-refractivity contribution in [3.05, 3.63) is 29.8 Å². The second-order valence-corrected chi connectivity index (χ2v) is 4.42. The van der Waals surface area contributed by atoms with Gasteiger partial charge in [-0.25, -0.2) is 0 Å². The molecule has 96 valence electrons. The van der Waals surface area contributed by atoms with Crippen LogP contribution in [-0.4, -0.2) is 30.6 Å². The molecule has 0 saturated heterocycles. The quantitative estimate of drug-likeness (QED) is 0.789. The molecule has 2 N–H and O–H groups in total. The molecule has 0 aromatic heterocycles. The molecular formula is C14H24N2O. The van der Waals surface area contributed by atoms with E-state index in [0.717, 1.165) is 31.0 Å². The third kappa shape index (κ3) is 4.75. The number of rotatable bonds is 7. The Kier molecular flexibility index (Phi) is 6.01. The maximum absolute atomic E-state index is 5.71. The van der Waals surface area contributed by atoms with Gasteiger partial charge < -0.3 is 10.5 Å². The van der Waals surface area contributed by atoms with E-state index in [2.05, 4.69) is 25.7 Å². The monoisotopic (exact) mass is 236 g/mol. The lowest BCUT2D eigenvalue weighted by Gasteiger charge is -2.24. The molecule has 0 bridgehead atoms. The highest BCUT2D eigenvalue weighted by Crippen LogP contribution is 2.11. The number of hydrogen-bond donors (Lipinski definition) is 1.